The number of nitrogens with one attached hydrogen (secondary N) is 1. The van der Waals surface area contributed by atoms with Gasteiger partial charge in [-0.15, -0.1) is 0 Å². The standard InChI is InChI=1S/C16H23F2NO2/c1-3-16(8-5-9-19-16)11-12-6-7-13(21-15(17)18)14(10-12)20-4-2/h6-7,10,15,19H,3-5,8-9,11H2,1-2H3. The molecule has 0 amide bonds. The van der Waals surface area contributed by atoms with Gasteiger partial charge < -0.3 is 14.8 Å². The lowest BCUT2D eigenvalue weighted by atomic mass is 9.87. The highest BCUT2D eigenvalue weighted by Crippen LogP contribution is 2.33. The lowest BCUT2D eigenvalue weighted by molar-refractivity contribution is -0.0514. The molecule has 1 aromatic rings. The minimum atomic E-state index is -2.84. The third kappa shape index (κ3) is 4.06. The molecule has 21 heavy (non-hydrogen) atoms. The first-order valence-electron chi connectivity index (χ1n) is 7.54. The van der Waals surface area contributed by atoms with Gasteiger partial charge in [-0.1, -0.05) is 13.0 Å². The van der Waals surface area contributed by atoms with Crippen LogP contribution in [0.3, 0.4) is 0 Å². The van der Waals surface area contributed by atoms with E-state index < -0.39 is 6.61 Å². The van der Waals surface area contributed by atoms with Crippen LogP contribution in [0.2, 0.25) is 0 Å². The molecule has 0 saturated carbocycles. The molecule has 0 bridgehead atoms. The quantitative estimate of drug-likeness (QED) is 0.831. The van der Waals surface area contributed by atoms with E-state index in [1.807, 2.05) is 19.1 Å². The lowest BCUT2D eigenvalue weighted by Gasteiger charge is -2.28. The minimum absolute atomic E-state index is 0.0977. The van der Waals surface area contributed by atoms with Crippen molar-refractivity contribution in [3.05, 3.63) is 23.8 Å². The van der Waals surface area contributed by atoms with E-state index in [1.165, 1.54) is 6.42 Å². The summed E-state index contributed by atoms with van der Waals surface area (Å²) in [4.78, 5) is 0. The smallest absolute Gasteiger partial charge is 0.387 e. The van der Waals surface area contributed by atoms with Gasteiger partial charge in [0.15, 0.2) is 11.5 Å². The molecular weight excluding hydrogens is 276 g/mol. The Morgan fingerprint density at radius 2 is 2.10 bits per heavy atom. The van der Waals surface area contributed by atoms with Crippen molar-refractivity contribution in [2.75, 3.05) is 13.2 Å². The summed E-state index contributed by atoms with van der Waals surface area (Å²) >= 11 is 0. The average molecular weight is 299 g/mol. The van der Waals surface area contributed by atoms with E-state index in [0.717, 1.165) is 31.4 Å². The number of alkyl halides is 2. The van der Waals surface area contributed by atoms with Gasteiger partial charge in [0.25, 0.3) is 0 Å². The van der Waals surface area contributed by atoms with Gasteiger partial charge in [0.05, 0.1) is 6.61 Å². The van der Waals surface area contributed by atoms with Crippen molar-refractivity contribution in [3.8, 4) is 11.5 Å². The fourth-order valence-corrected chi connectivity index (χ4v) is 2.96. The van der Waals surface area contributed by atoms with E-state index in [4.69, 9.17) is 4.74 Å². The van der Waals surface area contributed by atoms with Gasteiger partial charge in [-0.3, -0.25) is 0 Å². The summed E-state index contributed by atoms with van der Waals surface area (Å²) in [5, 5.41) is 3.57. The van der Waals surface area contributed by atoms with Crippen LogP contribution in [0.4, 0.5) is 8.78 Å². The van der Waals surface area contributed by atoms with Gasteiger partial charge in [-0.2, -0.15) is 8.78 Å². The molecule has 1 heterocycles. The third-order valence-electron chi connectivity index (χ3n) is 4.08. The van der Waals surface area contributed by atoms with Crippen molar-refractivity contribution in [3.63, 3.8) is 0 Å². The summed E-state index contributed by atoms with van der Waals surface area (Å²) in [7, 11) is 0. The maximum atomic E-state index is 12.4. The Balaban J connectivity index is 2.18. The summed E-state index contributed by atoms with van der Waals surface area (Å²) in [6.45, 7) is 2.62. The number of hydrogen-bond acceptors (Lipinski definition) is 3. The fraction of sp³-hybridized carbons (Fsp3) is 0.625. The summed E-state index contributed by atoms with van der Waals surface area (Å²) in [5.41, 5.74) is 1.20. The largest absolute Gasteiger partial charge is 0.490 e. The topological polar surface area (TPSA) is 30.5 Å². The molecule has 1 aliphatic rings. The zero-order valence-electron chi connectivity index (χ0n) is 12.6. The molecule has 1 unspecified atom stereocenters. The molecule has 5 heteroatoms. The molecule has 1 atom stereocenters. The molecule has 0 spiro atoms. The molecule has 1 aromatic carbocycles. The van der Waals surface area contributed by atoms with Gasteiger partial charge in [-0.25, -0.2) is 0 Å². The molecule has 0 radical (unpaired) electrons. The van der Waals surface area contributed by atoms with Crippen LogP contribution in [-0.2, 0) is 6.42 Å². The van der Waals surface area contributed by atoms with Crippen LogP contribution in [-0.4, -0.2) is 25.3 Å². The Labute approximate surface area is 124 Å². The molecule has 1 fully saturated rings. The first kappa shape index (κ1) is 16.0. The predicted molar refractivity (Wildman–Crippen MR) is 78.2 cm³/mol. The van der Waals surface area contributed by atoms with E-state index >= 15 is 0 Å². The van der Waals surface area contributed by atoms with Gasteiger partial charge >= 0.3 is 6.61 Å². The minimum Gasteiger partial charge on any atom is -0.490 e. The lowest BCUT2D eigenvalue weighted by Crippen LogP contribution is -2.41. The molecule has 2 rings (SSSR count). The van der Waals surface area contributed by atoms with Crippen LogP contribution in [0.1, 0.15) is 38.7 Å². The molecule has 3 nitrogen and oxygen atoms in total. The Bertz CT molecular complexity index is 460. The number of ether oxygens (including phenoxy) is 2. The van der Waals surface area contributed by atoms with Crippen molar-refractivity contribution >= 4 is 0 Å². The molecule has 1 N–H and O–H groups in total. The van der Waals surface area contributed by atoms with Crippen LogP contribution < -0.4 is 14.8 Å². The van der Waals surface area contributed by atoms with Gasteiger partial charge in [0.1, 0.15) is 0 Å². The van der Waals surface area contributed by atoms with Crippen molar-refractivity contribution in [1.82, 2.24) is 5.32 Å². The van der Waals surface area contributed by atoms with Gasteiger partial charge in [0, 0.05) is 5.54 Å². The van der Waals surface area contributed by atoms with Crippen LogP contribution in [0.25, 0.3) is 0 Å². The molecule has 1 saturated heterocycles. The molecule has 118 valence electrons. The van der Waals surface area contributed by atoms with E-state index in [-0.39, 0.29) is 11.3 Å². The van der Waals surface area contributed by atoms with E-state index in [2.05, 4.69) is 17.0 Å². The summed E-state index contributed by atoms with van der Waals surface area (Å²) in [6, 6.07) is 5.24. The molecule has 1 aliphatic heterocycles. The molecule has 0 aromatic heterocycles. The Morgan fingerprint density at radius 3 is 2.67 bits per heavy atom. The van der Waals surface area contributed by atoms with Gasteiger partial charge in [0.2, 0.25) is 0 Å². The highest BCUT2D eigenvalue weighted by Gasteiger charge is 2.31. The van der Waals surface area contributed by atoms with Crippen LogP contribution in [0.5, 0.6) is 11.5 Å². The number of rotatable bonds is 7. The normalized spacial score (nSPS) is 21.8. The highest BCUT2D eigenvalue weighted by molar-refractivity contribution is 5.43. The predicted octanol–water partition coefficient (Wildman–Crippen LogP) is 3.76. The monoisotopic (exact) mass is 299 g/mol. The third-order valence-corrected chi connectivity index (χ3v) is 4.08. The zero-order chi connectivity index (χ0) is 15.3. The van der Waals surface area contributed by atoms with Crippen LogP contribution >= 0.6 is 0 Å². The second kappa shape index (κ2) is 7.07. The summed E-state index contributed by atoms with van der Waals surface area (Å²) < 4.78 is 34.7. The Kier molecular flexibility index (Phi) is 5.39. The average Bonchev–Trinajstić information content (AvgIpc) is 2.91. The number of benzene rings is 1. The fourth-order valence-electron chi connectivity index (χ4n) is 2.96. The maximum Gasteiger partial charge on any atom is 0.387 e. The number of halogens is 2. The second-order valence-corrected chi connectivity index (χ2v) is 5.43. The van der Waals surface area contributed by atoms with Crippen molar-refractivity contribution < 1.29 is 18.3 Å². The number of hydrogen-bond donors (Lipinski definition) is 1. The maximum absolute atomic E-state index is 12.4. The van der Waals surface area contributed by atoms with E-state index in [9.17, 15) is 8.78 Å². The van der Waals surface area contributed by atoms with Crippen molar-refractivity contribution in [1.29, 1.82) is 0 Å². The Morgan fingerprint density at radius 1 is 1.29 bits per heavy atom. The van der Waals surface area contributed by atoms with Gasteiger partial charge in [-0.05, 0) is 56.8 Å². The van der Waals surface area contributed by atoms with Crippen LogP contribution in [0.15, 0.2) is 18.2 Å². The second-order valence-electron chi connectivity index (χ2n) is 5.43. The summed E-state index contributed by atoms with van der Waals surface area (Å²) in [6.07, 6.45) is 4.24. The molecule has 0 aliphatic carbocycles. The first-order chi connectivity index (χ1) is 10.1. The highest BCUT2D eigenvalue weighted by atomic mass is 19.3. The SMILES string of the molecule is CCOc1cc(CC2(CC)CCCN2)ccc1OC(F)F. The van der Waals surface area contributed by atoms with Crippen molar-refractivity contribution in [2.45, 2.75) is 51.7 Å². The van der Waals surface area contributed by atoms with E-state index in [0.29, 0.717) is 12.4 Å². The summed E-state index contributed by atoms with van der Waals surface area (Å²) in [5.74, 6) is 0.486. The van der Waals surface area contributed by atoms with Crippen LogP contribution in [0, 0.1) is 0 Å². The zero-order valence-corrected chi connectivity index (χ0v) is 12.6. The van der Waals surface area contributed by atoms with E-state index in [1.54, 1.807) is 6.07 Å². The first-order valence-corrected chi connectivity index (χ1v) is 7.54. The van der Waals surface area contributed by atoms with Crippen molar-refractivity contribution in [2.24, 2.45) is 0 Å². The Hall–Kier alpha value is -1.36. The molecular formula is C16H23F2NO2.